The summed E-state index contributed by atoms with van der Waals surface area (Å²) in [6.45, 7) is 2.37. The average molecular weight is 366 g/mol. The van der Waals surface area contributed by atoms with E-state index in [1.165, 1.54) is 18.3 Å². The highest BCUT2D eigenvalue weighted by molar-refractivity contribution is 5.95. The van der Waals surface area contributed by atoms with Gasteiger partial charge in [-0.1, -0.05) is 18.2 Å². The third-order valence-electron chi connectivity index (χ3n) is 4.06. The smallest absolute Gasteiger partial charge is 0.254 e. The lowest BCUT2D eigenvalue weighted by Crippen LogP contribution is -2.34. The molecular weight excluding hydrogens is 347 g/mol. The number of amides is 2. The second-order valence-corrected chi connectivity index (χ2v) is 5.91. The molecule has 3 aromatic rings. The van der Waals surface area contributed by atoms with Gasteiger partial charge in [-0.05, 0) is 43.3 Å². The zero-order valence-corrected chi connectivity index (χ0v) is 14.8. The van der Waals surface area contributed by atoms with Crippen molar-refractivity contribution in [3.05, 3.63) is 83.4 Å². The summed E-state index contributed by atoms with van der Waals surface area (Å²) in [5.74, 6) is -0.806. The van der Waals surface area contributed by atoms with Crippen LogP contribution in [0.3, 0.4) is 0 Å². The molecule has 2 N–H and O–H groups in total. The maximum absolute atomic E-state index is 13.1. The molecule has 1 aromatic heterocycles. The maximum atomic E-state index is 13.1. The first kappa shape index (κ1) is 18.3. The van der Waals surface area contributed by atoms with E-state index in [1.807, 2.05) is 6.07 Å². The topological polar surface area (TPSA) is 76.0 Å². The normalized spacial score (nSPS) is 10.4. The summed E-state index contributed by atoms with van der Waals surface area (Å²) in [7, 11) is 0. The van der Waals surface area contributed by atoms with Gasteiger partial charge >= 0.3 is 0 Å². The van der Waals surface area contributed by atoms with Gasteiger partial charge in [0.05, 0.1) is 23.1 Å². The first-order chi connectivity index (χ1) is 13.1. The van der Waals surface area contributed by atoms with E-state index >= 15 is 0 Å². The first-order valence-electron chi connectivity index (χ1n) is 8.48. The van der Waals surface area contributed by atoms with Gasteiger partial charge < -0.3 is 10.6 Å². The number of benzene rings is 2. The number of halogens is 1. The minimum absolute atomic E-state index is 0.190. The highest BCUT2D eigenvalue weighted by Crippen LogP contribution is 2.14. The van der Waals surface area contributed by atoms with Crippen molar-refractivity contribution in [3.63, 3.8) is 0 Å². The number of aromatic nitrogens is 2. The highest BCUT2D eigenvalue weighted by atomic mass is 19.1. The molecule has 3 rings (SSSR count). The van der Waals surface area contributed by atoms with Crippen LogP contribution < -0.4 is 10.6 Å². The van der Waals surface area contributed by atoms with Crippen LogP contribution in [0.4, 0.5) is 4.39 Å². The van der Waals surface area contributed by atoms with E-state index in [0.717, 1.165) is 0 Å². The van der Waals surface area contributed by atoms with Crippen LogP contribution in [0.15, 0.2) is 60.8 Å². The summed E-state index contributed by atoms with van der Waals surface area (Å²) in [5.41, 5.74) is 2.31. The van der Waals surface area contributed by atoms with Gasteiger partial charge in [-0.15, -0.1) is 0 Å². The lowest BCUT2D eigenvalue weighted by Gasteiger charge is -2.08. The third kappa shape index (κ3) is 4.38. The summed E-state index contributed by atoms with van der Waals surface area (Å²) in [6.07, 6.45) is 1.47. The SMILES string of the molecule is Cc1c(C(=O)NCCNC(=O)c2ccccc2)cnn1-c1ccc(F)cc1. The molecule has 6 nitrogen and oxygen atoms in total. The number of carbonyl (C=O) groups excluding carboxylic acids is 2. The second kappa shape index (κ2) is 8.27. The lowest BCUT2D eigenvalue weighted by atomic mass is 10.2. The minimum atomic E-state index is -0.334. The Bertz CT molecular complexity index is 936. The van der Waals surface area contributed by atoms with Crippen LogP contribution in [0.1, 0.15) is 26.4 Å². The number of carbonyl (C=O) groups is 2. The molecule has 0 unspecified atom stereocenters. The molecular formula is C20H19FN4O2. The van der Waals surface area contributed by atoms with Crippen molar-refractivity contribution in [2.24, 2.45) is 0 Å². The molecule has 27 heavy (non-hydrogen) atoms. The van der Waals surface area contributed by atoms with Crippen molar-refractivity contribution in [2.45, 2.75) is 6.92 Å². The van der Waals surface area contributed by atoms with Gasteiger partial charge in [0.1, 0.15) is 5.82 Å². The van der Waals surface area contributed by atoms with Crippen LogP contribution in [-0.2, 0) is 0 Å². The molecule has 0 radical (unpaired) electrons. The van der Waals surface area contributed by atoms with E-state index < -0.39 is 0 Å². The van der Waals surface area contributed by atoms with E-state index in [4.69, 9.17) is 0 Å². The van der Waals surface area contributed by atoms with Crippen LogP contribution in [0, 0.1) is 12.7 Å². The van der Waals surface area contributed by atoms with Gasteiger partial charge in [0.15, 0.2) is 0 Å². The van der Waals surface area contributed by atoms with Gasteiger partial charge in [-0.25, -0.2) is 9.07 Å². The van der Waals surface area contributed by atoms with E-state index in [2.05, 4.69) is 15.7 Å². The van der Waals surface area contributed by atoms with Crippen molar-refractivity contribution in [1.82, 2.24) is 20.4 Å². The highest BCUT2D eigenvalue weighted by Gasteiger charge is 2.15. The molecule has 7 heteroatoms. The minimum Gasteiger partial charge on any atom is -0.350 e. The van der Waals surface area contributed by atoms with E-state index in [-0.39, 0.29) is 17.6 Å². The Labute approximate surface area is 156 Å². The Morgan fingerprint density at radius 1 is 0.963 bits per heavy atom. The number of nitrogens with one attached hydrogen (secondary N) is 2. The Balaban J connectivity index is 1.54. The standard InChI is InChI=1S/C20H19FN4O2/c1-14-18(13-24-25(14)17-9-7-16(21)8-10-17)20(27)23-12-11-22-19(26)15-5-3-2-4-6-15/h2-10,13H,11-12H2,1H3,(H,22,26)(H,23,27). The molecule has 0 saturated carbocycles. The van der Waals surface area contributed by atoms with E-state index in [1.54, 1.807) is 48.0 Å². The van der Waals surface area contributed by atoms with Crippen LogP contribution in [0.2, 0.25) is 0 Å². The van der Waals surface area contributed by atoms with Crippen molar-refractivity contribution >= 4 is 11.8 Å². The molecule has 1 heterocycles. The average Bonchev–Trinajstić information content (AvgIpc) is 3.07. The number of hydrogen-bond donors (Lipinski definition) is 2. The summed E-state index contributed by atoms with van der Waals surface area (Å²) in [6, 6.07) is 14.7. The molecule has 0 aliphatic rings. The van der Waals surface area contributed by atoms with Crippen molar-refractivity contribution < 1.29 is 14.0 Å². The predicted molar refractivity (Wildman–Crippen MR) is 99.4 cm³/mol. The molecule has 2 amide bonds. The predicted octanol–water partition coefficient (Wildman–Crippen LogP) is 2.48. The van der Waals surface area contributed by atoms with Crippen LogP contribution in [-0.4, -0.2) is 34.7 Å². The molecule has 2 aromatic carbocycles. The van der Waals surface area contributed by atoms with Gasteiger partial charge in [-0.2, -0.15) is 5.10 Å². The third-order valence-corrected chi connectivity index (χ3v) is 4.06. The Morgan fingerprint density at radius 2 is 1.59 bits per heavy atom. The lowest BCUT2D eigenvalue weighted by molar-refractivity contribution is 0.0927. The Hall–Kier alpha value is -3.48. The van der Waals surface area contributed by atoms with Crippen molar-refractivity contribution in [1.29, 1.82) is 0 Å². The summed E-state index contributed by atoms with van der Waals surface area (Å²) in [5, 5.41) is 9.70. The molecule has 0 aliphatic carbocycles. The second-order valence-electron chi connectivity index (χ2n) is 5.91. The van der Waals surface area contributed by atoms with E-state index in [9.17, 15) is 14.0 Å². The van der Waals surface area contributed by atoms with Crippen molar-refractivity contribution in [3.8, 4) is 5.69 Å². The molecule has 0 spiro atoms. The van der Waals surface area contributed by atoms with Crippen LogP contribution in [0.5, 0.6) is 0 Å². The molecule has 138 valence electrons. The molecule has 0 fully saturated rings. The maximum Gasteiger partial charge on any atom is 0.254 e. The van der Waals surface area contributed by atoms with Gasteiger partial charge in [0.25, 0.3) is 11.8 Å². The van der Waals surface area contributed by atoms with Crippen molar-refractivity contribution in [2.75, 3.05) is 13.1 Å². The molecule has 0 atom stereocenters. The Morgan fingerprint density at radius 3 is 2.26 bits per heavy atom. The molecule has 0 saturated heterocycles. The van der Waals surface area contributed by atoms with Crippen LogP contribution in [0.25, 0.3) is 5.69 Å². The number of hydrogen-bond acceptors (Lipinski definition) is 3. The zero-order valence-electron chi connectivity index (χ0n) is 14.8. The Kier molecular flexibility index (Phi) is 5.61. The van der Waals surface area contributed by atoms with Gasteiger partial charge in [-0.3, -0.25) is 9.59 Å². The van der Waals surface area contributed by atoms with Crippen LogP contribution >= 0.6 is 0 Å². The quantitative estimate of drug-likeness (QED) is 0.658. The van der Waals surface area contributed by atoms with Gasteiger partial charge in [0, 0.05) is 18.7 Å². The largest absolute Gasteiger partial charge is 0.350 e. The van der Waals surface area contributed by atoms with Gasteiger partial charge in [0.2, 0.25) is 0 Å². The summed E-state index contributed by atoms with van der Waals surface area (Å²) >= 11 is 0. The number of nitrogens with zero attached hydrogens (tertiary/aromatic N) is 2. The number of rotatable bonds is 6. The fraction of sp³-hybridized carbons (Fsp3) is 0.150. The fourth-order valence-electron chi connectivity index (χ4n) is 2.61. The zero-order chi connectivity index (χ0) is 19.2. The monoisotopic (exact) mass is 366 g/mol. The summed E-state index contributed by atoms with van der Waals surface area (Å²) in [4.78, 5) is 24.3. The fourth-order valence-corrected chi connectivity index (χ4v) is 2.61. The molecule has 0 bridgehead atoms. The first-order valence-corrected chi connectivity index (χ1v) is 8.48. The van der Waals surface area contributed by atoms with E-state index in [0.29, 0.717) is 35.6 Å². The summed E-state index contributed by atoms with van der Waals surface area (Å²) < 4.78 is 14.6. The molecule has 0 aliphatic heterocycles.